The van der Waals surface area contributed by atoms with Crippen molar-refractivity contribution in [3.8, 4) is 5.75 Å². The average molecular weight is 396 g/mol. The Labute approximate surface area is 163 Å². The van der Waals surface area contributed by atoms with E-state index in [2.05, 4.69) is 10.3 Å². The molecule has 0 saturated carbocycles. The van der Waals surface area contributed by atoms with Crippen molar-refractivity contribution in [3.05, 3.63) is 82.9 Å². The van der Waals surface area contributed by atoms with Gasteiger partial charge in [-0.1, -0.05) is 42.5 Å². The molecule has 0 radical (unpaired) electrons. The Kier molecular flexibility index (Phi) is 5.87. The fourth-order valence-electron chi connectivity index (χ4n) is 2.19. The number of hydrogen-bond donors (Lipinski definition) is 2. The van der Waals surface area contributed by atoms with E-state index in [0.29, 0.717) is 0 Å². The van der Waals surface area contributed by atoms with Gasteiger partial charge in [-0.2, -0.15) is 0 Å². The van der Waals surface area contributed by atoms with E-state index in [1.807, 2.05) is 30.3 Å². The number of rotatable bonds is 6. The maximum absolute atomic E-state index is 12.5. The summed E-state index contributed by atoms with van der Waals surface area (Å²) in [6, 6.07) is 15.4. The van der Waals surface area contributed by atoms with Crippen LogP contribution in [0.25, 0.3) is 6.08 Å². The maximum atomic E-state index is 12.5. The molecule has 3 aromatic rings. The summed E-state index contributed by atoms with van der Waals surface area (Å²) in [6.07, 6.45) is 3.99. The zero-order chi connectivity index (χ0) is 19.9. The van der Waals surface area contributed by atoms with Crippen molar-refractivity contribution >= 4 is 39.4 Å². The predicted molar refractivity (Wildman–Crippen MR) is 103 cm³/mol. The van der Waals surface area contributed by atoms with Crippen LogP contribution in [0, 0.1) is 4.91 Å². The molecule has 1 aromatic heterocycles. The molecule has 3 rings (SSSR count). The zero-order valence-electron chi connectivity index (χ0n) is 14.3. The summed E-state index contributed by atoms with van der Waals surface area (Å²) >= 11 is 0.791. The highest BCUT2D eigenvalue weighted by Crippen LogP contribution is 2.26. The third-order valence-electron chi connectivity index (χ3n) is 3.46. The molecule has 8 nitrogen and oxygen atoms in total. The van der Waals surface area contributed by atoms with Crippen molar-refractivity contribution in [1.82, 2.24) is 4.98 Å². The third kappa shape index (κ3) is 4.86. The molecule has 140 valence electrons. The van der Waals surface area contributed by atoms with Gasteiger partial charge in [0.25, 0.3) is 10.8 Å². The molecule has 0 fully saturated rings. The maximum Gasteiger partial charge on any atom is 0.392 e. The number of thiazole rings is 1. The molecule has 0 spiro atoms. The molecule has 0 unspecified atom stereocenters. The Morgan fingerprint density at radius 1 is 1.11 bits per heavy atom. The van der Waals surface area contributed by atoms with Crippen molar-refractivity contribution < 1.29 is 24.5 Å². The van der Waals surface area contributed by atoms with Crippen molar-refractivity contribution in [2.45, 2.75) is 0 Å². The summed E-state index contributed by atoms with van der Waals surface area (Å²) in [6.45, 7) is 0. The summed E-state index contributed by atoms with van der Waals surface area (Å²) in [4.78, 5) is 38.8. The highest BCUT2D eigenvalue weighted by Gasteiger charge is 2.20. The minimum absolute atomic E-state index is 0.0760. The van der Waals surface area contributed by atoms with Crippen molar-refractivity contribution in [3.63, 3.8) is 0 Å². The number of aromatic nitrogens is 1. The Hall–Kier alpha value is -3.85. The van der Waals surface area contributed by atoms with Crippen molar-refractivity contribution in [2.24, 2.45) is 0 Å². The first kappa shape index (κ1) is 18.9. The first-order valence-electron chi connectivity index (χ1n) is 8.00. The topological polar surface area (TPSA) is 109 Å². The van der Waals surface area contributed by atoms with Crippen molar-refractivity contribution in [2.75, 3.05) is 5.32 Å². The molecule has 2 aromatic carbocycles. The van der Waals surface area contributed by atoms with Gasteiger partial charge >= 0.3 is 11.0 Å². The average Bonchev–Trinajstić information content (AvgIpc) is 3.16. The lowest BCUT2D eigenvalue weighted by Crippen LogP contribution is -2.15. The molecule has 0 atom stereocenters. The van der Waals surface area contributed by atoms with Crippen LogP contribution >= 0.6 is 11.3 Å². The van der Waals surface area contributed by atoms with Gasteiger partial charge in [0.1, 0.15) is 11.9 Å². The molecule has 2 N–H and O–H groups in total. The number of para-hydroxylation sites is 1. The number of nitrogens with one attached hydrogen (secondary N) is 1. The number of carbonyl (C=O) groups excluding carboxylic acids is 2. The van der Waals surface area contributed by atoms with E-state index in [9.17, 15) is 14.5 Å². The van der Waals surface area contributed by atoms with Crippen LogP contribution in [-0.2, 0) is 4.79 Å². The highest BCUT2D eigenvalue weighted by molar-refractivity contribution is 7.18. The molecule has 9 heteroatoms. The SMILES string of the molecule is O=C(/C=C/c1ccccc1)Oc1ccccc1C(=O)Nc1ncc([N+](=O)O)s1. The first-order valence-corrected chi connectivity index (χ1v) is 8.82. The first-order chi connectivity index (χ1) is 13.5. The molecule has 0 aliphatic heterocycles. The summed E-state index contributed by atoms with van der Waals surface area (Å²) in [5.41, 5.74) is 0.949. The third-order valence-corrected chi connectivity index (χ3v) is 4.33. The smallest absolute Gasteiger partial charge is 0.392 e. The molecule has 1 amide bonds. The second-order valence-corrected chi connectivity index (χ2v) is 6.40. The number of hydrogen-bond acceptors (Lipinski definition) is 6. The molecular formula is C19H14N3O5S+. The molecule has 1 heterocycles. The van der Waals surface area contributed by atoms with Crippen molar-refractivity contribution in [1.29, 1.82) is 0 Å². The van der Waals surface area contributed by atoms with E-state index >= 15 is 0 Å². The van der Waals surface area contributed by atoms with Crippen LogP contribution in [0.2, 0.25) is 0 Å². The van der Waals surface area contributed by atoms with Gasteiger partial charge < -0.3 is 4.74 Å². The van der Waals surface area contributed by atoms with Gasteiger partial charge in [0, 0.05) is 6.08 Å². The fraction of sp³-hybridized carbons (Fsp3) is 0. The second-order valence-electron chi connectivity index (χ2n) is 5.39. The fourth-order valence-corrected chi connectivity index (χ4v) is 2.82. The minimum atomic E-state index is -0.636. The Bertz CT molecular complexity index is 1050. The molecule has 28 heavy (non-hydrogen) atoms. The minimum Gasteiger partial charge on any atom is -0.423 e. The van der Waals surface area contributed by atoms with Crippen LogP contribution in [-0.4, -0.2) is 27.0 Å². The molecule has 0 bridgehead atoms. The van der Waals surface area contributed by atoms with Crippen LogP contribution in [0.15, 0.2) is 66.9 Å². The lowest BCUT2D eigenvalue weighted by atomic mass is 10.2. The van der Waals surface area contributed by atoms with E-state index < -0.39 is 11.9 Å². The van der Waals surface area contributed by atoms with Gasteiger partial charge in [-0.25, -0.2) is 15.0 Å². The molecular weight excluding hydrogens is 382 g/mol. The van der Waals surface area contributed by atoms with Gasteiger partial charge in [-0.3, -0.25) is 10.1 Å². The van der Waals surface area contributed by atoms with E-state index in [1.165, 1.54) is 18.2 Å². The van der Waals surface area contributed by atoms with E-state index in [4.69, 9.17) is 9.94 Å². The Balaban J connectivity index is 1.71. The Morgan fingerprint density at radius 3 is 2.54 bits per heavy atom. The van der Waals surface area contributed by atoms with Crippen LogP contribution in [0.1, 0.15) is 15.9 Å². The van der Waals surface area contributed by atoms with Crippen LogP contribution < -0.4 is 10.1 Å². The normalized spacial score (nSPS) is 10.6. The molecule has 0 aliphatic carbocycles. The monoisotopic (exact) mass is 396 g/mol. The van der Waals surface area contributed by atoms with Gasteiger partial charge in [-0.15, -0.1) is 0 Å². The number of nitrogens with zero attached hydrogens (tertiary/aromatic N) is 2. The summed E-state index contributed by atoms with van der Waals surface area (Å²) in [5.74, 6) is -1.14. The number of ether oxygens (including phenoxy) is 1. The van der Waals surface area contributed by atoms with Gasteiger partial charge in [0.2, 0.25) is 0 Å². The number of anilines is 1. The number of amides is 1. The predicted octanol–water partition coefficient (Wildman–Crippen LogP) is 3.81. The van der Waals surface area contributed by atoms with Gasteiger partial charge in [-0.05, 0) is 35.1 Å². The standard InChI is InChI=1S/C19H13N3O5S/c23-17(11-10-13-6-2-1-3-7-13)27-15-9-5-4-8-14(15)18(24)21-19-20-12-16(28-19)22(25)26/h1-12H,(H-,20,21,24,25,26)/p+1/b11-10+. The Morgan fingerprint density at radius 2 is 1.82 bits per heavy atom. The van der Waals surface area contributed by atoms with Gasteiger partial charge in [0.15, 0.2) is 5.13 Å². The summed E-state index contributed by atoms with van der Waals surface area (Å²) in [5, 5.41) is 11.4. The van der Waals surface area contributed by atoms with Crippen LogP contribution in [0.3, 0.4) is 0 Å². The van der Waals surface area contributed by atoms with E-state index in [1.54, 1.807) is 18.2 Å². The number of benzene rings is 2. The molecule has 0 saturated heterocycles. The van der Waals surface area contributed by atoms with E-state index in [0.717, 1.165) is 23.1 Å². The summed E-state index contributed by atoms with van der Waals surface area (Å²) in [7, 11) is 0. The zero-order valence-corrected chi connectivity index (χ0v) is 15.1. The summed E-state index contributed by atoms with van der Waals surface area (Å²) < 4.78 is 5.27. The van der Waals surface area contributed by atoms with Crippen LogP contribution in [0.5, 0.6) is 5.75 Å². The highest BCUT2D eigenvalue weighted by atomic mass is 32.1. The lowest BCUT2D eigenvalue weighted by Gasteiger charge is -2.08. The molecule has 0 aliphatic rings. The largest absolute Gasteiger partial charge is 0.423 e. The number of carbonyl (C=O) groups is 2. The second kappa shape index (κ2) is 8.69. The quantitative estimate of drug-likeness (QED) is 0.284. The number of esters is 1. The van der Waals surface area contributed by atoms with E-state index in [-0.39, 0.29) is 26.4 Å². The van der Waals surface area contributed by atoms with Crippen LogP contribution in [0.4, 0.5) is 10.1 Å². The van der Waals surface area contributed by atoms with Gasteiger partial charge in [0.05, 0.1) is 10.5 Å². The lowest BCUT2D eigenvalue weighted by molar-refractivity contribution is -0.727.